The molecule has 0 saturated carbocycles. The van der Waals surface area contributed by atoms with Gasteiger partial charge >= 0.3 is 5.97 Å². The zero-order chi connectivity index (χ0) is 11.7. The first kappa shape index (κ1) is 11.7. The molecular formula is C10H14N2O2S2. The van der Waals surface area contributed by atoms with Gasteiger partial charge in [-0.2, -0.15) is 11.8 Å². The molecule has 4 nitrogen and oxygen atoms in total. The molecule has 0 bridgehead atoms. The van der Waals surface area contributed by atoms with Crippen LogP contribution in [0, 0.1) is 0 Å². The Hall–Kier alpha value is -0.750. The zero-order valence-electron chi connectivity index (χ0n) is 9.21. The Morgan fingerprint density at radius 2 is 2.12 bits per heavy atom. The fourth-order valence-corrected chi connectivity index (χ4v) is 3.99. The van der Waals surface area contributed by atoms with Crippen LogP contribution in [0.15, 0.2) is 5.38 Å². The van der Waals surface area contributed by atoms with Gasteiger partial charge in [-0.15, -0.1) is 11.3 Å². The third kappa shape index (κ3) is 2.49. The summed E-state index contributed by atoms with van der Waals surface area (Å²) in [6, 6.07) is 0. The van der Waals surface area contributed by atoms with Gasteiger partial charge in [0.2, 0.25) is 0 Å². The first-order valence-electron chi connectivity index (χ1n) is 5.15. The van der Waals surface area contributed by atoms with Gasteiger partial charge in [-0.3, -0.25) is 0 Å². The average Bonchev–Trinajstić information content (AvgIpc) is 2.64. The Balaban J connectivity index is 2.13. The number of nitrogens with zero attached hydrogens (tertiary/aromatic N) is 2. The molecule has 0 amide bonds. The topological polar surface area (TPSA) is 53.4 Å². The zero-order valence-corrected chi connectivity index (χ0v) is 10.8. The Labute approximate surface area is 103 Å². The van der Waals surface area contributed by atoms with Gasteiger partial charge in [-0.25, -0.2) is 9.78 Å². The molecule has 0 radical (unpaired) electrons. The van der Waals surface area contributed by atoms with Crippen molar-refractivity contribution >= 4 is 34.2 Å². The van der Waals surface area contributed by atoms with Crippen LogP contribution in [0.25, 0.3) is 0 Å². The molecule has 2 atom stereocenters. The lowest BCUT2D eigenvalue weighted by Gasteiger charge is -2.34. The van der Waals surface area contributed by atoms with E-state index >= 15 is 0 Å². The molecule has 88 valence electrons. The SMILES string of the molecule is CC1CN(c2nc(C(=O)O)cs2)CC(C)S1. The van der Waals surface area contributed by atoms with E-state index in [4.69, 9.17) is 5.11 Å². The van der Waals surface area contributed by atoms with Crippen LogP contribution in [0.2, 0.25) is 0 Å². The Morgan fingerprint density at radius 1 is 1.50 bits per heavy atom. The van der Waals surface area contributed by atoms with Crippen molar-refractivity contribution in [2.24, 2.45) is 0 Å². The van der Waals surface area contributed by atoms with Crippen LogP contribution >= 0.6 is 23.1 Å². The summed E-state index contributed by atoms with van der Waals surface area (Å²) in [5.41, 5.74) is 0.151. The van der Waals surface area contributed by atoms with Crippen molar-refractivity contribution in [1.82, 2.24) is 4.98 Å². The van der Waals surface area contributed by atoms with Gasteiger partial charge in [0, 0.05) is 29.0 Å². The number of thiazole rings is 1. The van der Waals surface area contributed by atoms with E-state index in [1.807, 2.05) is 11.8 Å². The minimum absolute atomic E-state index is 0.151. The summed E-state index contributed by atoms with van der Waals surface area (Å²) in [6.45, 7) is 6.28. The van der Waals surface area contributed by atoms with E-state index in [0.29, 0.717) is 10.5 Å². The van der Waals surface area contributed by atoms with Crippen molar-refractivity contribution in [2.75, 3.05) is 18.0 Å². The van der Waals surface area contributed by atoms with Crippen LogP contribution in [0.5, 0.6) is 0 Å². The monoisotopic (exact) mass is 258 g/mol. The summed E-state index contributed by atoms with van der Waals surface area (Å²) < 4.78 is 0. The molecular weight excluding hydrogens is 244 g/mol. The predicted octanol–water partition coefficient (Wildman–Crippen LogP) is 2.17. The van der Waals surface area contributed by atoms with E-state index in [9.17, 15) is 4.79 Å². The van der Waals surface area contributed by atoms with Gasteiger partial charge in [0.1, 0.15) is 0 Å². The number of hydrogen-bond acceptors (Lipinski definition) is 5. The van der Waals surface area contributed by atoms with E-state index in [-0.39, 0.29) is 5.69 Å². The standard InChI is InChI=1S/C10H14N2O2S2/c1-6-3-12(4-7(2)16-6)10-11-8(5-15-10)9(13)14/h5-7H,3-4H2,1-2H3,(H,13,14). The summed E-state index contributed by atoms with van der Waals surface area (Å²) in [7, 11) is 0. The van der Waals surface area contributed by atoms with Crippen molar-refractivity contribution in [3.05, 3.63) is 11.1 Å². The molecule has 6 heteroatoms. The maximum Gasteiger partial charge on any atom is 0.355 e. The molecule has 16 heavy (non-hydrogen) atoms. The third-order valence-corrected chi connectivity index (χ3v) is 4.53. The fourth-order valence-electron chi connectivity index (χ4n) is 1.84. The molecule has 1 aliphatic heterocycles. The normalized spacial score (nSPS) is 25.8. The molecule has 2 unspecified atom stereocenters. The number of thioether (sulfide) groups is 1. The van der Waals surface area contributed by atoms with Gasteiger partial charge in [-0.1, -0.05) is 13.8 Å². The maximum atomic E-state index is 10.7. The summed E-state index contributed by atoms with van der Waals surface area (Å²) in [5, 5.41) is 12.4. The van der Waals surface area contributed by atoms with Crippen LogP contribution in [0.3, 0.4) is 0 Å². The van der Waals surface area contributed by atoms with E-state index in [1.165, 1.54) is 11.3 Å². The highest BCUT2D eigenvalue weighted by molar-refractivity contribution is 8.00. The lowest BCUT2D eigenvalue weighted by atomic mass is 10.3. The number of carboxylic acid groups (broad SMARTS) is 1. The van der Waals surface area contributed by atoms with E-state index < -0.39 is 5.97 Å². The highest BCUT2D eigenvalue weighted by atomic mass is 32.2. The van der Waals surface area contributed by atoms with E-state index in [1.54, 1.807) is 5.38 Å². The second-order valence-electron chi connectivity index (χ2n) is 3.98. The molecule has 1 aromatic heterocycles. The Bertz CT molecular complexity index is 384. The molecule has 2 heterocycles. The van der Waals surface area contributed by atoms with Crippen molar-refractivity contribution in [1.29, 1.82) is 0 Å². The smallest absolute Gasteiger partial charge is 0.355 e. The molecule has 2 rings (SSSR count). The molecule has 1 fully saturated rings. The number of carbonyl (C=O) groups is 1. The van der Waals surface area contributed by atoms with Crippen LogP contribution in [-0.4, -0.2) is 39.6 Å². The molecule has 0 spiro atoms. The fraction of sp³-hybridized carbons (Fsp3) is 0.600. The van der Waals surface area contributed by atoms with E-state index in [0.717, 1.165) is 18.2 Å². The minimum Gasteiger partial charge on any atom is -0.476 e. The minimum atomic E-state index is -0.949. The highest BCUT2D eigenvalue weighted by Gasteiger charge is 2.24. The van der Waals surface area contributed by atoms with E-state index in [2.05, 4.69) is 23.7 Å². The summed E-state index contributed by atoms with van der Waals surface area (Å²) in [5.74, 6) is -0.949. The van der Waals surface area contributed by atoms with Crippen molar-refractivity contribution in [3.63, 3.8) is 0 Å². The third-order valence-electron chi connectivity index (χ3n) is 2.40. The number of anilines is 1. The van der Waals surface area contributed by atoms with Gasteiger partial charge in [0.05, 0.1) is 0 Å². The van der Waals surface area contributed by atoms with Crippen molar-refractivity contribution < 1.29 is 9.90 Å². The molecule has 1 N–H and O–H groups in total. The Morgan fingerprint density at radius 3 is 2.62 bits per heavy atom. The largest absolute Gasteiger partial charge is 0.476 e. The molecule has 0 aliphatic carbocycles. The second kappa shape index (κ2) is 4.63. The number of aromatic nitrogens is 1. The van der Waals surface area contributed by atoms with Crippen LogP contribution in [0.1, 0.15) is 24.3 Å². The lowest BCUT2D eigenvalue weighted by Crippen LogP contribution is -2.40. The number of hydrogen-bond donors (Lipinski definition) is 1. The molecule has 1 saturated heterocycles. The van der Waals surface area contributed by atoms with Gasteiger partial charge in [-0.05, 0) is 0 Å². The van der Waals surface area contributed by atoms with Crippen LogP contribution < -0.4 is 4.90 Å². The number of rotatable bonds is 2. The van der Waals surface area contributed by atoms with Gasteiger partial charge in [0.25, 0.3) is 0 Å². The summed E-state index contributed by atoms with van der Waals surface area (Å²) in [6.07, 6.45) is 0. The quantitative estimate of drug-likeness (QED) is 0.881. The Kier molecular flexibility index (Phi) is 3.39. The summed E-state index contributed by atoms with van der Waals surface area (Å²) >= 11 is 3.38. The average molecular weight is 258 g/mol. The number of carboxylic acids is 1. The maximum absolute atomic E-state index is 10.7. The summed E-state index contributed by atoms with van der Waals surface area (Å²) in [4.78, 5) is 17.1. The van der Waals surface area contributed by atoms with Crippen LogP contribution in [0.4, 0.5) is 5.13 Å². The predicted molar refractivity (Wildman–Crippen MR) is 67.8 cm³/mol. The van der Waals surface area contributed by atoms with Crippen molar-refractivity contribution in [3.8, 4) is 0 Å². The second-order valence-corrected chi connectivity index (χ2v) is 6.70. The number of aromatic carboxylic acids is 1. The molecule has 1 aliphatic rings. The van der Waals surface area contributed by atoms with Crippen LogP contribution in [-0.2, 0) is 0 Å². The van der Waals surface area contributed by atoms with Gasteiger partial charge < -0.3 is 10.0 Å². The highest BCUT2D eigenvalue weighted by Crippen LogP contribution is 2.30. The molecule has 1 aromatic rings. The van der Waals surface area contributed by atoms with Gasteiger partial charge in [0.15, 0.2) is 10.8 Å². The molecule has 0 aromatic carbocycles. The first-order chi connectivity index (χ1) is 7.56. The lowest BCUT2D eigenvalue weighted by molar-refractivity contribution is 0.0691. The van der Waals surface area contributed by atoms with Crippen molar-refractivity contribution in [2.45, 2.75) is 24.3 Å². The first-order valence-corrected chi connectivity index (χ1v) is 6.97.